The van der Waals surface area contributed by atoms with Gasteiger partial charge in [0.15, 0.2) is 0 Å². The molecule has 0 radical (unpaired) electrons. The molecule has 1 heterocycles. The Labute approximate surface area is 255 Å². The van der Waals surface area contributed by atoms with Crippen molar-refractivity contribution in [3.8, 4) is 0 Å². The van der Waals surface area contributed by atoms with Crippen LogP contribution in [0.4, 0.5) is 0 Å². The van der Waals surface area contributed by atoms with Crippen LogP contribution < -0.4 is 16.2 Å². The summed E-state index contributed by atoms with van der Waals surface area (Å²) in [5.74, 6) is -3.51. The number of nitrogens with one attached hydrogen (secondary N) is 3. The minimum atomic E-state index is -1.14. The normalized spacial score (nSPS) is 10.9. The van der Waals surface area contributed by atoms with E-state index in [-0.39, 0.29) is 39.0 Å². The van der Waals surface area contributed by atoms with Gasteiger partial charge in [-0.05, 0) is 24.6 Å². The molecule has 0 atom stereocenters. The number of carboxylic acids is 1. The molecule has 0 aliphatic heterocycles. The molecule has 244 valence electrons. The number of fused-ring (bicyclic) bond motifs is 1. The van der Waals surface area contributed by atoms with Crippen LogP contribution in [0.2, 0.25) is 0 Å². The van der Waals surface area contributed by atoms with E-state index in [1.807, 2.05) is 34.9 Å². The maximum atomic E-state index is 13.0. The third-order valence-corrected chi connectivity index (χ3v) is 6.76. The number of carbonyl (C=O) groups excluding carboxylic acids is 4. The molecule has 16 heteroatoms. The number of hydrazine groups is 1. The zero-order chi connectivity index (χ0) is 32.5. The number of aryl methyl sites for hydroxylation is 1. The number of carbonyl (C=O) groups is 5. The molecule has 0 fully saturated rings. The Morgan fingerprint density at radius 2 is 1.39 bits per heavy atom. The first-order valence-electron chi connectivity index (χ1n) is 14.3. The molecular formula is C28H43N7O9. The largest absolute Gasteiger partial charge is 0.481 e. The zero-order valence-electron chi connectivity index (χ0n) is 24.9. The fraction of sp³-hybridized carbons (Fsp3) is 0.536. The number of para-hydroxylation sites is 1. The van der Waals surface area contributed by atoms with Crippen molar-refractivity contribution in [1.82, 2.24) is 35.4 Å². The molecule has 0 aliphatic carbocycles. The molecule has 0 saturated carbocycles. The van der Waals surface area contributed by atoms with E-state index < -0.39 is 69.1 Å². The Bertz CT molecular complexity index is 1250. The van der Waals surface area contributed by atoms with Crippen molar-refractivity contribution in [1.29, 1.82) is 0 Å². The van der Waals surface area contributed by atoms with Crippen LogP contribution in [0.1, 0.15) is 18.5 Å². The average molecular weight is 622 g/mol. The summed E-state index contributed by atoms with van der Waals surface area (Å²) in [5, 5.41) is 40.6. The number of carboxylic acid groups (broad SMARTS) is 1. The number of aromatic nitrogens is 1. The van der Waals surface area contributed by atoms with Crippen LogP contribution in [-0.4, -0.2) is 142 Å². The van der Waals surface area contributed by atoms with Gasteiger partial charge < -0.3 is 45.0 Å². The van der Waals surface area contributed by atoms with Crippen molar-refractivity contribution in [2.75, 3.05) is 72.7 Å². The number of aliphatic hydroxyl groups is 3. The van der Waals surface area contributed by atoms with Crippen LogP contribution in [0.3, 0.4) is 0 Å². The summed E-state index contributed by atoms with van der Waals surface area (Å²) in [7, 11) is 1.76. The molecule has 0 unspecified atom stereocenters. The highest BCUT2D eigenvalue weighted by Crippen LogP contribution is 2.20. The van der Waals surface area contributed by atoms with Gasteiger partial charge in [0.1, 0.15) is 0 Å². The van der Waals surface area contributed by atoms with E-state index >= 15 is 0 Å². The molecule has 7 N–H and O–H groups in total. The van der Waals surface area contributed by atoms with Crippen LogP contribution >= 0.6 is 0 Å². The Morgan fingerprint density at radius 1 is 0.795 bits per heavy atom. The predicted octanol–water partition coefficient (Wildman–Crippen LogP) is -2.69. The fourth-order valence-electron chi connectivity index (χ4n) is 4.51. The maximum absolute atomic E-state index is 13.0. The summed E-state index contributed by atoms with van der Waals surface area (Å²) in [6.07, 6.45) is -0.281. The predicted molar refractivity (Wildman–Crippen MR) is 159 cm³/mol. The summed E-state index contributed by atoms with van der Waals surface area (Å²) >= 11 is 0. The van der Waals surface area contributed by atoms with Crippen molar-refractivity contribution in [2.24, 2.45) is 0 Å². The molecule has 1 aromatic heterocycles. The maximum Gasteiger partial charge on any atom is 0.305 e. The molecule has 4 amide bonds. The Hall–Kier alpha value is -4.09. The van der Waals surface area contributed by atoms with Crippen molar-refractivity contribution >= 4 is 40.5 Å². The summed E-state index contributed by atoms with van der Waals surface area (Å²) in [6, 6.07) is 9.80. The van der Waals surface area contributed by atoms with Gasteiger partial charge in [-0.3, -0.25) is 34.8 Å². The monoisotopic (exact) mass is 621 g/mol. The van der Waals surface area contributed by atoms with E-state index in [9.17, 15) is 39.3 Å². The molecule has 0 saturated heterocycles. The summed E-state index contributed by atoms with van der Waals surface area (Å²) in [5.41, 5.74) is 7.84. The minimum Gasteiger partial charge on any atom is -0.481 e. The highest BCUT2D eigenvalue weighted by atomic mass is 16.4. The van der Waals surface area contributed by atoms with E-state index in [0.717, 1.165) is 31.3 Å². The topological polar surface area (TPSA) is 217 Å². The number of hydrogen-bond donors (Lipinski definition) is 7. The van der Waals surface area contributed by atoms with Crippen LogP contribution in [0.25, 0.3) is 10.9 Å². The lowest BCUT2D eigenvalue weighted by molar-refractivity contribution is -0.145. The lowest BCUT2D eigenvalue weighted by Crippen LogP contribution is -2.50. The van der Waals surface area contributed by atoms with Gasteiger partial charge in [-0.1, -0.05) is 18.2 Å². The molecule has 0 aliphatic rings. The smallest absolute Gasteiger partial charge is 0.305 e. The molecular weight excluding hydrogens is 578 g/mol. The third kappa shape index (κ3) is 11.5. The first kappa shape index (κ1) is 36.1. The van der Waals surface area contributed by atoms with Crippen LogP contribution in [0.15, 0.2) is 30.3 Å². The number of amides is 4. The zero-order valence-corrected chi connectivity index (χ0v) is 24.9. The van der Waals surface area contributed by atoms with Crippen LogP contribution in [-0.2, 0) is 37.1 Å². The van der Waals surface area contributed by atoms with Gasteiger partial charge in [-0.25, -0.2) is 0 Å². The van der Waals surface area contributed by atoms with Gasteiger partial charge in [0.05, 0.1) is 52.4 Å². The van der Waals surface area contributed by atoms with Gasteiger partial charge in [0.2, 0.25) is 23.6 Å². The Morgan fingerprint density at radius 3 is 2.00 bits per heavy atom. The van der Waals surface area contributed by atoms with E-state index in [2.05, 4.69) is 16.2 Å². The second kappa shape index (κ2) is 19.2. The van der Waals surface area contributed by atoms with Gasteiger partial charge in [-0.2, -0.15) is 0 Å². The Kier molecular flexibility index (Phi) is 15.8. The Balaban J connectivity index is 1.98. The molecule has 44 heavy (non-hydrogen) atoms. The SMILES string of the molecule is CNNCc1cc2ccccc2n1CCC(=O)NCC(=O)N(CCO)CC(=O)N(CCO)CC(=O)N(CCO)CCC(=O)O. The second-order valence-corrected chi connectivity index (χ2v) is 9.80. The van der Waals surface area contributed by atoms with E-state index in [1.54, 1.807) is 7.05 Å². The summed E-state index contributed by atoms with van der Waals surface area (Å²) < 4.78 is 2.01. The molecule has 0 spiro atoms. The van der Waals surface area contributed by atoms with Crippen molar-refractivity contribution < 1.29 is 44.4 Å². The number of hydrogen-bond acceptors (Lipinski definition) is 10. The van der Waals surface area contributed by atoms with Gasteiger partial charge >= 0.3 is 5.97 Å². The fourth-order valence-corrected chi connectivity index (χ4v) is 4.51. The molecule has 0 bridgehead atoms. The standard InChI is InChI=1S/C28H43N7O9/c1-29-31-17-22-16-21-4-2-3-5-23(21)35(22)9-6-24(39)30-18-25(40)33(11-14-37)20-27(42)34(12-15-38)19-26(41)32(10-13-36)8-7-28(43)44/h2-5,16,29,31,36-38H,6-15,17-20H2,1H3,(H,30,39)(H,43,44). The first-order chi connectivity index (χ1) is 21.1. The van der Waals surface area contributed by atoms with Gasteiger partial charge in [-0.15, -0.1) is 0 Å². The molecule has 2 rings (SSSR count). The highest BCUT2D eigenvalue weighted by Gasteiger charge is 2.25. The van der Waals surface area contributed by atoms with Crippen molar-refractivity contribution in [3.63, 3.8) is 0 Å². The van der Waals surface area contributed by atoms with Crippen molar-refractivity contribution in [3.05, 3.63) is 36.0 Å². The first-order valence-corrected chi connectivity index (χ1v) is 14.3. The quantitative estimate of drug-likeness (QED) is 0.0712. The number of rotatable bonds is 21. The lowest BCUT2D eigenvalue weighted by atomic mass is 10.2. The minimum absolute atomic E-state index is 0.0794. The molecule has 2 aromatic rings. The summed E-state index contributed by atoms with van der Waals surface area (Å²) in [4.78, 5) is 65.3. The number of nitrogens with zero attached hydrogens (tertiary/aromatic N) is 4. The average Bonchev–Trinajstić information content (AvgIpc) is 3.36. The third-order valence-electron chi connectivity index (χ3n) is 6.76. The molecule has 1 aromatic carbocycles. The lowest BCUT2D eigenvalue weighted by Gasteiger charge is -2.29. The highest BCUT2D eigenvalue weighted by molar-refractivity contribution is 5.90. The van der Waals surface area contributed by atoms with Gasteiger partial charge in [0, 0.05) is 50.4 Å². The summed E-state index contributed by atoms with van der Waals surface area (Å²) in [6.45, 7) is -2.74. The van der Waals surface area contributed by atoms with Crippen LogP contribution in [0, 0.1) is 0 Å². The number of benzene rings is 1. The number of aliphatic carboxylic acids is 1. The van der Waals surface area contributed by atoms with Crippen molar-refractivity contribution in [2.45, 2.75) is 25.9 Å². The van der Waals surface area contributed by atoms with E-state index in [1.165, 1.54) is 0 Å². The van der Waals surface area contributed by atoms with E-state index in [0.29, 0.717) is 13.1 Å². The number of aliphatic hydroxyl groups excluding tert-OH is 3. The molecule has 16 nitrogen and oxygen atoms in total. The second-order valence-electron chi connectivity index (χ2n) is 9.80. The van der Waals surface area contributed by atoms with Gasteiger partial charge in [0.25, 0.3) is 0 Å². The van der Waals surface area contributed by atoms with E-state index in [4.69, 9.17) is 5.11 Å². The van der Waals surface area contributed by atoms with Crippen LogP contribution in [0.5, 0.6) is 0 Å².